The molecular formula is C17H17ClN2O. The Bertz CT molecular complexity index is 632. The molecule has 0 radical (unpaired) electrons. The molecule has 0 heterocycles. The summed E-state index contributed by atoms with van der Waals surface area (Å²) < 4.78 is 5.31. The van der Waals surface area contributed by atoms with Crippen molar-refractivity contribution < 1.29 is 4.74 Å². The van der Waals surface area contributed by atoms with Crippen molar-refractivity contribution in [1.82, 2.24) is 5.32 Å². The van der Waals surface area contributed by atoms with Gasteiger partial charge in [0, 0.05) is 17.1 Å². The van der Waals surface area contributed by atoms with Crippen LogP contribution in [0.1, 0.15) is 16.7 Å². The maximum absolute atomic E-state index is 8.95. The molecule has 4 heteroatoms. The molecule has 0 atom stereocenters. The Morgan fingerprint density at radius 3 is 2.62 bits per heavy atom. The minimum atomic E-state index is 0.644. The smallest absolute Gasteiger partial charge is 0.123 e. The van der Waals surface area contributed by atoms with E-state index in [2.05, 4.69) is 11.4 Å². The molecule has 0 fully saturated rings. The number of methoxy groups -OCH3 is 1. The number of hydrogen-bond donors (Lipinski definition) is 1. The highest BCUT2D eigenvalue weighted by molar-refractivity contribution is 6.30. The zero-order valence-electron chi connectivity index (χ0n) is 11.9. The summed E-state index contributed by atoms with van der Waals surface area (Å²) in [6.07, 6.45) is 0.928. The van der Waals surface area contributed by atoms with Crippen molar-refractivity contribution >= 4 is 11.6 Å². The Hall–Kier alpha value is -2.02. The Morgan fingerprint density at radius 2 is 1.95 bits per heavy atom. The summed E-state index contributed by atoms with van der Waals surface area (Å²) in [5.74, 6) is 0.799. The maximum Gasteiger partial charge on any atom is 0.123 e. The van der Waals surface area contributed by atoms with Crippen LogP contribution in [0.5, 0.6) is 5.75 Å². The molecule has 21 heavy (non-hydrogen) atoms. The predicted molar refractivity (Wildman–Crippen MR) is 84.6 cm³/mol. The topological polar surface area (TPSA) is 45.0 Å². The minimum Gasteiger partial charge on any atom is -0.496 e. The maximum atomic E-state index is 8.95. The first-order valence-electron chi connectivity index (χ1n) is 6.75. The van der Waals surface area contributed by atoms with E-state index in [1.54, 1.807) is 13.2 Å². The molecular weight excluding hydrogens is 284 g/mol. The fourth-order valence-electron chi connectivity index (χ4n) is 2.09. The summed E-state index contributed by atoms with van der Waals surface area (Å²) in [4.78, 5) is 0. The molecule has 0 aliphatic rings. The third kappa shape index (κ3) is 4.49. The van der Waals surface area contributed by atoms with Gasteiger partial charge in [0.05, 0.1) is 18.7 Å². The second-order valence-corrected chi connectivity index (χ2v) is 5.13. The average Bonchev–Trinajstić information content (AvgIpc) is 2.53. The van der Waals surface area contributed by atoms with Crippen LogP contribution in [0.3, 0.4) is 0 Å². The van der Waals surface area contributed by atoms with E-state index >= 15 is 0 Å². The second kappa shape index (κ2) is 7.68. The van der Waals surface area contributed by atoms with Crippen LogP contribution in [0.15, 0.2) is 42.5 Å². The highest BCUT2D eigenvalue weighted by atomic mass is 35.5. The molecule has 0 aromatic heterocycles. The molecule has 0 aliphatic carbocycles. The van der Waals surface area contributed by atoms with Crippen molar-refractivity contribution in [2.75, 3.05) is 13.7 Å². The van der Waals surface area contributed by atoms with Gasteiger partial charge in [0.1, 0.15) is 5.75 Å². The third-order valence-electron chi connectivity index (χ3n) is 3.23. The lowest BCUT2D eigenvalue weighted by atomic mass is 10.1. The van der Waals surface area contributed by atoms with E-state index in [1.807, 2.05) is 36.4 Å². The van der Waals surface area contributed by atoms with Gasteiger partial charge in [-0.25, -0.2) is 0 Å². The minimum absolute atomic E-state index is 0.644. The van der Waals surface area contributed by atoms with E-state index in [0.29, 0.717) is 12.1 Å². The van der Waals surface area contributed by atoms with Crippen LogP contribution in [-0.4, -0.2) is 13.7 Å². The molecule has 2 aromatic carbocycles. The van der Waals surface area contributed by atoms with E-state index < -0.39 is 0 Å². The summed E-state index contributed by atoms with van der Waals surface area (Å²) in [6, 6.07) is 15.4. The van der Waals surface area contributed by atoms with Gasteiger partial charge in [-0.2, -0.15) is 5.26 Å². The molecule has 0 spiro atoms. The lowest BCUT2D eigenvalue weighted by Gasteiger charge is -2.10. The monoisotopic (exact) mass is 300 g/mol. The van der Waals surface area contributed by atoms with Crippen LogP contribution in [0.2, 0.25) is 5.02 Å². The fourth-order valence-corrected chi connectivity index (χ4v) is 2.22. The van der Waals surface area contributed by atoms with Gasteiger partial charge in [0.2, 0.25) is 0 Å². The molecule has 0 unspecified atom stereocenters. The zero-order valence-corrected chi connectivity index (χ0v) is 12.7. The van der Waals surface area contributed by atoms with E-state index in [4.69, 9.17) is 21.6 Å². The van der Waals surface area contributed by atoms with Crippen LogP contribution in [0.25, 0.3) is 0 Å². The molecule has 2 aromatic rings. The number of benzene rings is 2. The van der Waals surface area contributed by atoms with Crippen LogP contribution < -0.4 is 10.1 Å². The van der Waals surface area contributed by atoms with Gasteiger partial charge >= 0.3 is 0 Å². The Morgan fingerprint density at radius 1 is 1.19 bits per heavy atom. The van der Waals surface area contributed by atoms with Crippen molar-refractivity contribution in [2.24, 2.45) is 0 Å². The van der Waals surface area contributed by atoms with Gasteiger partial charge in [-0.3, -0.25) is 0 Å². The lowest BCUT2D eigenvalue weighted by Crippen LogP contribution is -2.17. The van der Waals surface area contributed by atoms with Crippen molar-refractivity contribution in [2.45, 2.75) is 13.0 Å². The molecule has 0 amide bonds. The van der Waals surface area contributed by atoms with E-state index in [9.17, 15) is 0 Å². The summed E-state index contributed by atoms with van der Waals surface area (Å²) >= 11 is 5.86. The summed E-state index contributed by atoms with van der Waals surface area (Å²) in [6.45, 7) is 1.52. The second-order valence-electron chi connectivity index (χ2n) is 4.69. The molecule has 108 valence electrons. The van der Waals surface area contributed by atoms with Gasteiger partial charge in [-0.05, 0) is 48.9 Å². The molecule has 3 nitrogen and oxygen atoms in total. The van der Waals surface area contributed by atoms with Crippen LogP contribution in [-0.2, 0) is 13.0 Å². The normalized spacial score (nSPS) is 10.1. The first-order chi connectivity index (χ1) is 10.2. The summed E-state index contributed by atoms with van der Waals surface area (Å²) in [5, 5.41) is 13.1. The largest absolute Gasteiger partial charge is 0.496 e. The van der Waals surface area contributed by atoms with E-state index in [1.165, 1.54) is 5.56 Å². The highest BCUT2D eigenvalue weighted by Gasteiger charge is 2.04. The molecule has 2 rings (SSSR count). The summed E-state index contributed by atoms with van der Waals surface area (Å²) in [7, 11) is 1.64. The number of hydrogen-bond acceptors (Lipinski definition) is 3. The SMILES string of the molecule is COc1ccc(C#N)cc1CNCCc1ccc(Cl)cc1. The molecule has 0 aliphatic heterocycles. The number of ether oxygens (including phenoxy) is 1. The van der Waals surface area contributed by atoms with Crippen molar-refractivity contribution in [3.8, 4) is 11.8 Å². The van der Waals surface area contributed by atoms with Crippen LogP contribution in [0, 0.1) is 11.3 Å². The lowest BCUT2D eigenvalue weighted by molar-refractivity contribution is 0.407. The van der Waals surface area contributed by atoms with Gasteiger partial charge < -0.3 is 10.1 Å². The molecule has 0 saturated heterocycles. The molecule has 1 N–H and O–H groups in total. The Kier molecular flexibility index (Phi) is 5.62. The fraction of sp³-hybridized carbons (Fsp3) is 0.235. The van der Waals surface area contributed by atoms with Crippen molar-refractivity contribution in [3.05, 3.63) is 64.2 Å². The first kappa shape index (κ1) is 15.4. The van der Waals surface area contributed by atoms with E-state index in [-0.39, 0.29) is 0 Å². The highest BCUT2D eigenvalue weighted by Crippen LogP contribution is 2.19. The number of nitrogens with one attached hydrogen (secondary N) is 1. The van der Waals surface area contributed by atoms with Gasteiger partial charge in [-0.15, -0.1) is 0 Å². The van der Waals surface area contributed by atoms with Crippen LogP contribution in [0.4, 0.5) is 0 Å². The van der Waals surface area contributed by atoms with Crippen molar-refractivity contribution in [1.29, 1.82) is 5.26 Å². The van der Waals surface area contributed by atoms with Gasteiger partial charge in [0.15, 0.2) is 0 Å². The number of nitrogens with zero attached hydrogens (tertiary/aromatic N) is 1. The number of nitriles is 1. The van der Waals surface area contributed by atoms with Crippen LogP contribution >= 0.6 is 11.6 Å². The molecule has 0 bridgehead atoms. The predicted octanol–water partition coefficient (Wildman–Crippen LogP) is 3.55. The van der Waals surface area contributed by atoms with Gasteiger partial charge in [-0.1, -0.05) is 23.7 Å². The first-order valence-corrected chi connectivity index (χ1v) is 7.13. The quantitative estimate of drug-likeness (QED) is 0.830. The average molecular weight is 301 g/mol. The number of halogens is 1. The van der Waals surface area contributed by atoms with E-state index in [0.717, 1.165) is 29.3 Å². The van der Waals surface area contributed by atoms with Gasteiger partial charge in [0.25, 0.3) is 0 Å². The molecule has 0 saturated carbocycles. The van der Waals surface area contributed by atoms with Crippen molar-refractivity contribution in [3.63, 3.8) is 0 Å². The Balaban J connectivity index is 1.88. The Labute approximate surface area is 130 Å². The summed E-state index contributed by atoms with van der Waals surface area (Å²) in [5.41, 5.74) is 2.88. The standard InChI is InChI=1S/C17H17ClN2O/c1-21-17-7-4-14(11-19)10-15(17)12-20-9-8-13-2-5-16(18)6-3-13/h2-7,10,20H,8-9,12H2,1H3. The third-order valence-corrected chi connectivity index (χ3v) is 3.48. The zero-order chi connectivity index (χ0) is 15.1. The number of rotatable bonds is 6.